The first kappa shape index (κ1) is 26.7. The second-order valence-corrected chi connectivity index (χ2v) is 11.3. The van der Waals surface area contributed by atoms with Crippen LogP contribution in [0.15, 0.2) is 41.4 Å². The van der Waals surface area contributed by atoms with Crippen LogP contribution in [0.4, 0.5) is 0 Å². The maximum atomic E-state index is 10.7. The summed E-state index contributed by atoms with van der Waals surface area (Å²) in [7, 11) is 0. The third-order valence-electron chi connectivity index (χ3n) is 7.15. The number of amidine groups is 1. The normalized spacial score (nSPS) is 18.8. The number of hydrogen-bond donors (Lipinski definition) is 1. The molecule has 0 amide bonds. The molecule has 194 valence electrons. The second-order valence-electron chi connectivity index (χ2n) is 11.3. The zero-order valence-electron chi connectivity index (χ0n) is 21.9. The summed E-state index contributed by atoms with van der Waals surface area (Å²) in [4.78, 5) is 12.1. The summed E-state index contributed by atoms with van der Waals surface area (Å²) >= 11 is 0. The molecule has 0 unspecified atom stereocenters. The smallest absolute Gasteiger partial charge is 0.217 e. The van der Waals surface area contributed by atoms with E-state index in [1.165, 1.54) is 32.1 Å². The fourth-order valence-electron chi connectivity index (χ4n) is 5.29. The number of phenols is 1. The molecule has 3 aromatic rings. The van der Waals surface area contributed by atoms with Gasteiger partial charge >= 0.3 is 0 Å². The molecule has 0 radical (unpaired) electrons. The third kappa shape index (κ3) is 5.62. The van der Waals surface area contributed by atoms with Gasteiger partial charge in [-0.2, -0.15) is 0 Å². The molecule has 0 bridgehead atoms. The maximum Gasteiger partial charge on any atom is 0.217 e. The summed E-state index contributed by atoms with van der Waals surface area (Å²) in [5, 5.41) is 11.6. The molecule has 5 nitrogen and oxygen atoms in total. The number of hydrogen-bond acceptors (Lipinski definition) is 5. The molecule has 2 aromatic carbocycles. The number of aromatic nitrogens is 1. The first-order chi connectivity index (χ1) is 16.7. The van der Waals surface area contributed by atoms with Crippen molar-refractivity contribution in [3.05, 3.63) is 59.2 Å². The number of aryl methyl sites for hydroxylation is 1. The molecule has 1 fully saturated rings. The first-order valence-corrected chi connectivity index (χ1v) is 12.9. The van der Waals surface area contributed by atoms with Gasteiger partial charge in [0.25, 0.3) is 0 Å². The Morgan fingerprint density at radius 3 is 2.53 bits per heavy atom. The van der Waals surface area contributed by atoms with E-state index in [0.717, 1.165) is 34.5 Å². The Morgan fingerprint density at radius 2 is 1.81 bits per heavy atom. The zero-order chi connectivity index (χ0) is 24.7. The van der Waals surface area contributed by atoms with Gasteiger partial charge < -0.3 is 19.7 Å². The predicted octanol–water partition coefficient (Wildman–Crippen LogP) is 6.92. The second kappa shape index (κ2) is 10.5. The van der Waals surface area contributed by atoms with Crippen molar-refractivity contribution in [2.75, 3.05) is 6.54 Å². The number of fused-ring (bicyclic) bond motifs is 1. The van der Waals surface area contributed by atoms with E-state index in [9.17, 15) is 5.11 Å². The van der Waals surface area contributed by atoms with E-state index in [-0.39, 0.29) is 38.3 Å². The van der Waals surface area contributed by atoms with E-state index in [1.54, 1.807) is 6.07 Å². The molecule has 6 heteroatoms. The van der Waals surface area contributed by atoms with Crippen LogP contribution in [-0.4, -0.2) is 39.5 Å². The van der Waals surface area contributed by atoms with Crippen LogP contribution in [-0.2, 0) is 26.5 Å². The summed E-state index contributed by atoms with van der Waals surface area (Å²) < 4.78 is 6.18. The van der Waals surface area contributed by atoms with Crippen molar-refractivity contribution < 1.29 is 30.9 Å². The summed E-state index contributed by atoms with van der Waals surface area (Å²) in [6.45, 7) is 11.6. The fraction of sp³-hybridized carbons (Fsp3) is 0.467. The van der Waals surface area contributed by atoms with Gasteiger partial charge in [-0.1, -0.05) is 59.1 Å². The number of aliphatic imine (C=N–C) groups is 1. The van der Waals surface area contributed by atoms with Crippen molar-refractivity contribution in [3.63, 3.8) is 0 Å². The Bertz CT molecular complexity index is 1280. The molecular weight excluding hydrogens is 629 g/mol. The molecule has 5 rings (SSSR count). The van der Waals surface area contributed by atoms with E-state index in [2.05, 4.69) is 62.7 Å². The minimum absolute atomic E-state index is 0. The van der Waals surface area contributed by atoms with Gasteiger partial charge in [-0.25, -0.2) is 4.98 Å². The Balaban J connectivity index is 0.00000304. The molecule has 1 aliphatic carbocycles. The minimum atomic E-state index is -0.0558. The van der Waals surface area contributed by atoms with Gasteiger partial charge in [-0.3, -0.25) is 0 Å². The molecule has 36 heavy (non-hydrogen) atoms. The molecule has 1 aromatic heterocycles. The fourth-order valence-corrected chi connectivity index (χ4v) is 5.29. The summed E-state index contributed by atoms with van der Waals surface area (Å²) in [6, 6.07) is 16.1. The minimum Gasteiger partial charge on any atom is -0.506 e. The van der Waals surface area contributed by atoms with Crippen molar-refractivity contribution in [1.82, 2.24) is 9.88 Å². The molecule has 0 spiro atoms. The van der Waals surface area contributed by atoms with Crippen LogP contribution in [0.3, 0.4) is 0 Å². The van der Waals surface area contributed by atoms with Gasteiger partial charge in [0.1, 0.15) is 11.3 Å². The maximum absolute atomic E-state index is 10.7. The average molecular weight is 666 g/mol. The number of pyridine rings is 1. The number of benzene rings is 2. The quantitative estimate of drug-likeness (QED) is 0.308. The third-order valence-corrected chi connectivity index (χ3v) is 7.15. The van der Waals surface area contributed by atoms with Crippen LogP contribution in [0.1, 0.15) is 76.5 Å². The van der Waals surface area contributed by atoms with E-state index in [1.807, 2.05) is 18.2 Å². The topological polar surface area (TPSA) is 58.0 Å². The van der Waals surface area contributed by atoms with Crippen LogP contribution in [0.25, 0.3) is 10.9 Å². The number of ether oxygens (including phenoxy) is 1. The van der Waals surface area contributed by atoms with Crippen LogP contribution in [0.5, 0.6) is 17.4 Å². The van der Waals surface area contributed by atoms with Crippen molar-refractivity contribution >= 4 is 16.7 Å². The monoisotopic (exact) mass is 665 g/mol. The SMILES string of the molecule is Cc1cc(Oc2ccc3cc(C(C)(C)C)cc(O)c3n2)[c-]c(C2=N[C@@H](C)CN2C2CCCCC2)c1.[Pt]. The largest absolute Gasteiger partial charge is 0.506 e. The van der Waals surface area contributed by atoms with Gasteiger partial charge in [-0.05, 0) is 48.9 Å². The van der Waals surface area contributed by atoms with Crippen LogP contribution < -0.4 is 4.74 Å². The number of aromatic hydroxyl groups is 1. The van der Waals surface area contributed by atoms with E-state index >= 15 is 0 Å². The van der Waals surface area contributed by atoms with Gasteiger partial charge in [0.2, 0.25) is 5.88 Å². The number of nitrogens with zero attached hydrogens (tertiary/aromatic N) is 3. The number of phenolic OH excluding ortho intramolecular Hbond substituents is 1. The predicted molar refractivity (Wildman–Crippen MR) is 142 cm³/mol. The van der Waals surface area contributed by atoms with E-state index < -0.39 is 0 Å². The van der Waals surface area contributed by atoms with Gasteiger partial charge in [0.15, 0.2) is 0 Å². The molecule has 2 heterocycles. The van der Waals surface area contributed by atoms with Crippen molar-refractivity contribution in [2.24, 2.45) is 4.99 Å². The standard InChI is InChI=1S/C30H36N3O2.Pt/c1-19-13-22(29-31-20(2)18-33(29)24-9-7-6-8-10-24)16-25(14-19)35-27-12-11-21-15-23(30(3,4)5)17-26(34)28(21)32-27;/h11-15,17,20,24,34H,6-10,18H2,1-5H3;/q-1;/t20-;/m0./s1. The van der Waals surface area contributed by atoms with E-state index in [0.29, 0.717) is 23.2 Å². The average Bonchev–Trinajstić information content (AvgIpc) is 3.21. The molecule has 1 N–H and O–H groups in total. The van der Waals surface area contributed by atoms with Gasteiger partial charge in [0, 0.05) is 56.7 Å². The van der Waals surface area contributed by atoms with Crippen molar-refractivity contribution in [3.8, 4) is 17.4 Å². The van der Waals surface area contributed by atoms with Gasteiger partial charge in [-0.15, -0.1) is 17.2 Å². The Hall–Kier alpha value is -2.39. The van der Waals surface area contributed by atoms with Crippen molar-refractivity contribution in [1.29, 1.82) is 0 Å². The molecule has 1 aliphatic heterocycles. The summed E-state index contributed by atoms with van der Waals surface area (Å²) in [5.74, 6) is 2.26. The molecule has 0 saturated heterocycles. The van der Waals surface area contributed by atoms with Crippen molar-refractivity contribution in [2.45, 2.75) is 84.2 Å². The molecular formula is C30H36N3O2Pt-. The summed E-state index contributed by atoms with van der Waals surface area (Å²) in [6.07, 6.45) is 6.41. The number of rotatable bonds is 4. The van der Waals surface area contributed by atoms with Gasteiger partial charge in [0.05, 0.1) is 6.04 Å². The van der Waals surface area contributed by atoms with Crippen LogP contribution in [0, 0.1) is 13.0 Å². The molecule has 2 aliphatic rings. The summed E-state index contributed by atoms with van der Waals surface area (Å²) in [5.41, 5.74) is 3.63. The Kier molecular flexibility index (Phi) is 7.80. The van der Waals surface area contributed by atoms with E-state index in [4.69, 9.17) is 9.73 Å². The zero-order valence-corrected chi connectivity index (χ0v) is 24.1. The van der Waals surface area contributed by atoms with Crippen LogP contribution in [0.2, 0.25) is 0 Å². The Labute approximate surface area is 229 Å². The molecule has 1 saturated carbocycles. The Morgan fingerprint density at radius 1 is 1.06 bits per heavy atom. The molecule has 1 atom stereocenters. The van der Waals surface area contributed by atoms with Crippen LogP contribution >= 0.6 is 0 Å². The first-order valence-electron chi connectivity index (χ1n) is 12.9.